The number of rotatable bonds is 2. The first-order valence-corrected chi connectivity index (χ1v) is 8.28. The number of carbonyl (C=O) groups is 1. The van der Waals surface area contributed by atoms with Crippen LogP contribution in [0.2, 0.25) is 0 Å². The summed E-state index contributed by atoms with van der Waals surface area (Å²) in [4.78, 5) is 28.5. The van der Waals surface area contributed by atoms with Crippen LogP contribution in [0.25, 0.3) is 5.57 Å². The molecule has 2 aromatic rings. The van der Waals surface area contributed by atoms with Crippen LogP contribution in [-0.2, 0) is 9.57 Å². The van der Waals surface area contributed by atoms with Crippen LogP contribution in [0.1, 0.15) is 17.3 Å². The van der Waals surface area contributed by atoms with Crippen LogP contribution >= 0.6 is 0 Å². The Labute approximate surface area is 149 Å². The Hall–Kier alpha value is -3.00. The molecule has 1 fully saturated rings. The van der Waals surface area contributed by atoms with Crippen molar-refractivity contribution in [2.75, 3.05) is 26.3 Å². The van der Waals surface area contributed by atoms with Gasteiger partial charge in [0, 0.05) is 24.9 Å². The lowest BCUT2D eigenvalue weighted by molar-refractivity contribution is -0.0778. The molecule has 0 saturated carbocycles. The molecule has 2 aliphatic heterocycles. The molecular formula is C18H17FN4O3. The van der Waals surface area contributed by atoms with Crippen molar-refractivity contribution in [3.05, 3.63) is 66.2 Å². The van der Waals surface area contributed by atoms with E-state index in [1.807, 2.05) is 0 Å². The number of urea groups is 1. The van der Waals surface area contributed by atoms with Crippen molar-refractivity contribution >= 4 is 11.6 Å². The third-order valence-corrected chi connectivity index (χ3v) is 4.36. The van der Waals surface area contributed by atoms with Crippen LogP contribution in [-0.4, -0.2) is 52.3 Å². The molecule has 7 nitrogen and oxygen atoms in total. The average molecular weight is 356 g/mol. The molecule has 0 N–H and O–H groups in total. The summed E-state index contributed by atoms with van der Waals surface area (Å²) < 4.78 is 18.6. The first kappa shape index (κ1) is 16.5. The minimum Gasteiger partial charge on any atom is -0.382 e. The van der Waals surface area contributed by atoms with Gasteiger partial charge in [-0.25, -0.2) is 19.2 Å². The number of nitrogens with zero attached hydrogens (tertiary/aromatic N) is 4. The molecule has 0 aliphatic carbocycles. The fourth-order valence-corrected chi connectivity index (χ4v) is 3.03. The van der Waals surface area contributed by atoms with Gasteiger partial charge in [0.15, 0.2) is 0 Å². The standard InChI is InChI=1S/C18H17FN4O3/c19-14-3-1-13(2-4-14)15-11-26-23(17(15)16-5-6-20-12-21-16)18(24)22-7-9-25-10-8-22/h1-6,11-12,17H,7-10H2. The molecule has 8 heteroatoms. The average Bonchev–Trinajstić information content (AvgIpc) is 3.14. The molecule has 134 valence electrons. The Morgan fingerprint density at radius 3 is 2.62 bits per heavy atom. The van der Waals surface area contributed by atoms with Gasteiger partial charge in [-0.05, 0) is 23.8 Å². The highest BCUT2D eigenvalue weighted by Gasteiger charge is 2.39. The van der Waals surface area contributed by atoms with Crippen LogP contribution in [0.4, 0.5) is 9.18 Å². The number of hydroxylamine groups is 2. The van der Waals surface area contributed by atoms with Crippen LogP contribution in [0.5, 0.6) is 0 Å². The van der Waals surface area contributed by atoms with E-state index >= 15 is 0 Å². The molecule has 3 heterocycles. The summed E-state index contributed by atoms with van der Waals surface area (Å²) in [5, 5.41) is 1.30. The molecular weight excluding hydrogens is 339 g/mol. The third kappa shape index (κ3) is 3.11. The molecule has 1 atom stereocenters. The SMILES string of the molecule is O=C(N1CCOCC1)N1OC=C(c2ccc(F)cc2)C1c1ccncn1. The number of hydrogen-bond acceptors (Lipinski definition) is 5. The summed E-state index contributed by atoms with van der Waals surface area (Å²) in [5.74, 6) is -0.326. The third-order valence-electron chi connectivity index (χ3n) is 4.36. The zero-order chi connectivity index (χ0) is 17.9. The maximum Gasteiger partial charge on any atom is 0.354 e. The Morgan fingerprint density at radius 2 is 1.92 bits per heavy atom. The summed E-state index contributed by atoms with van der Waals surface area (Å²) in [6, 6.07) is 6.99. The smallest absolute Gasteiger partial charge is 0.354 e. The van der Waals surface area contributed by atoms with Crippen molar-refractivity contribution in [3.8, 4) is 0 Å². The van der Waals surface area contributed by atoms with Crippen LogP contribution < -0.4 is 0 Å². The molecule has 26 heavy (non-hydrogen) atoms. The Balaban J connectivity index is 1.67. The van der Waals surface area contributed by atoms with Crippen LogP contribution in [0, 0.1) is 5.82 Å². The molecule has 1 unspecified atom stereocenters. The second-order valence-corrected chi connectivity index (χ2v) is 5.93. The van der Waals surface area contributed by atoms with E-state index in [0.717, 1.165) is 11.1 Å². The molecule has 2 aliphatic rings. The molecule has 4 rings (SSSR count). The van der Waals surface area contributed by atoms with Crippen LogP contribution in [0.15, 0.2) is 49.1 Å². The highest BCUT2D eigenvalue weighted by Crippen LogP contribution is 2.39. The van der Waals surface area contributed by atoms with E-state index in [2.05, 4.69) is 9.97 Å². The minimum atomic E-state index is -0.543. The molecule has 1 aromatic heterocycles. The second-order valence-electron chi connectivity index (χ2n) is 5.93. The van der Waals surface area contributed by atoms with Gasteiger partial charge >= 0.3 is 6.03 Å². The van der Waals surface area contributed by atoms with Gasteiger partial charge in [-0.1, -0.05) is 12.1 Å². The lowest BCUT2D eigenvalue weighted by Crippen LogP contribution is -2.47. The first-order valence-electron chi connectivity index (χ1n) is 8.28. The predicted octanol–water partition coefficient (Wildman–Crippen LogP) is 2.40. The fraction of sp³-hybridized carbons (Fsp3) is 0.278. The molecule has 1 aromatic carbocycles. The minimum absolute atomic E-state index is 0.259. The summed E-state index contributed by atoms with van der Waals surface area (Å²) in [7, 11) is 0. The van der Waals surface area contributed by atoms with Gasteiger partial charge in [0.2, 0.25) is 0 Å². The van der Waals surface area contributed by atoms with Gasteiger partial charge in [0.1, 0.15) is 24.4 Å². The van der Waals surface area contributed by atoms with Crippen molar-refractivity contribution in [2.24, 2.45) is 0 Å². The highest BCUT2D eigenvalue weighted by molar-refractivity contribution is 5.81. The zero-order valence-corrected chi connectivity index (χ0v) is 13.9. The zero-order valence-electron chi connectivity index (χ0n) is 13.9. The fourth-order valence-electron chi connectivity index (χ4n) is 3.03. The molecule has 0 radical (unpaired) electrons. The normalized spacial score (nSPS) is 19.9. The number of morpholine rings is 1. The van der Waals surface area contributed by atoms with E-state index < -0.39 is 6.04 Å². The number of carbonyl (C=O) groups excluding carboxylic acids is 1. The number of hydrogen-bond donors (Lipinski definition) is 0. The number of halogens is 1. The number of ether oxygens (including phenoxy) is 1. The Bertz CT molecular complexity index is 807. The van der Waals surface area contributed by atoms with Crippen molar-refractivity contribution in [1.82, 2.24) is 19.9 Å². The highest BCUT2D eigenvalue weighted by atomic mass is 19.1. The van der Waals surface area contributed by atoms with E-state index in [0.29, 0.717) is 32.0 Å². The quantitative estimate of drug-likeness (QED) is 0.827. The van der Waals surface area contributed by atoms with E-state index in [1.54, 1.807) is 29.3 Å². The van der Waals surface area contributed by atoms with Crippen molar-refractivity contribution in [2.45, 2.75) is 6.04 Å². The second kappa shape index (κ2) is 7.09. The largest absolute Gasteiger partial charge is 0.382 e. The topological polar surface area (TPSA) is 67.8 Å². The van der Waals surface area contributed by atoms with Crippen molar-refractivity contribution in [3.63, 3.8) is 0 Å². The van der Waals surface area contributed by atoms with Crippen molar-refractivity contribution in [1.29, 1.82) is 0 Å². The monoisotopic (exact) mass is 356 g/mol. The van der Waals surface area contributed by atoms with E-state index in [-0.39, 0.29) is 11.8 Å². The van der Waals surface area contributed by atoms with E-state index in [1.165, 1.54) is 29.8 Å². The summed E-state index contributed by atoms with van der Waals surface area (Å²) >= 11 is 0. The van der Waals surface area contributed by atoms with Gasteiger partial charge < -0.3 is 14.5 Å². The van der Waals surface area contributed by atoms with E-state index in [9.17, 15) is 9.18 Å². The number of aromatic nitrogens is 2. The summed E-state index contributed by atoms with van der Waals surface area (Å²) in [6.45, 7) is 1.99. The summed E-state index contributed by atoms with van der Waals surface area (Å²) in [5.41, 5.74) is 2.10. The van der Waals surface area contributed by atoms with Crippen LogP contribution in [0.3, 0.4) is 0 Å². The molecule has 0 bridgehead atoms. The molecule has 2 amide bonds. The first-order chi connectivity index (χ1) is 12.7. The Morgan fingerprint density at radius 1 is 1.15 bits per heavy atom. The maximum absolute atomic E-state index is 13.3. The molecule has 0 spiro atoms. The maximum atomic E-state index is 13.3. The number of amides is 2. The molecule has 1 saturated heterocycles. The number of benzene rings is 1. The summed E-state index contributed by atoms with van der Waals surface area (Å²) in [6.07, 6.45) is 4.55. The lowest BCUT2D eigenvalue weighted by Gasteiger charge is -2.32. The van der Waals surface area contributed by atoms with E-state index in [4.69, 9.17) is 9.57 Å². The predicted molar refractivity (Wildman–Crippen MR) is 89.9 cm³/mol. The van der Waals surface area contributed by atoms with Gasteiger partial charge in [0.05, 0.1) is 18.9 Å². The van der Waals surface area contributed by atoms with Gasteiger partial charge in [-0.15, -0.1) is 5.06 Å². The lowest BCUT2D eigenvalue weighted by atomic mass is 9.97. The van der Waals surface area contributed by atoms with Crippen molar-refractivity contribution < 1.29 is 18.8 Å². The van der Waals surface area contributed by atoms with Gasteiger partial charge in [-0.2, -0.15) is 0 Å². The van der Waals surface area contributed by atoms with Gasteiger partial charge in [-0.3, -0.25) is 0 Å². The van der Waals surface area contributed by atoms with Gasteiger partial charge in [0.25, 0.3) is 0 Å². The Kier molecular flexibility index (Phi) is 4.49.